The van der Waals surface area contributed by atoms with E-state index in [9.17, 15) is 0 Å². The number of benzene rings is 1. The van der Waals surface area contributed by atoms with Crippen LogP contribution in [0.15, 0.2) is 18.2 Å². The van der Waals surface area contributed by atoms with E-state index >= 15 is 0 Å². The van der Waals surface area contributed by atoms with Crippen LogP contribution in [0.3, 0.4) is 0 Å². The molecule has 0 amide bonds. The van der Waals surface area contributed by atoms with E-state index in [4.69, 9.17) is 9.47 Å². The van der Waals surface area contributed by atoms with Crippen molar-refractivity contribution in [2.24, 2.45) is 0 Å². The van der Waals surface area contributed by atoms with Crippen LogP contribution in [-0.2, 0) is 0 Å². The van der Waals surface area contributed by atoms with Gasteiger partial charge in [-0.3, -0.25) is 4.90 Å². The van der Waals surface area contributed by atoms with Crippen molar-refractivity contribution in [3.63, 3.8) is 0 Å². The van der Waals surface area contributed by atoms with Gasteiger partial charge in [0.25, 0.3) is 0 Å². The first-order valence-electron chi connectivity index (χ1n) is 7.45. The van der Waals surface area contributed by atoms with Gasteiger partial charge in [-0.25, -0.2) is 0 Å². The Morgan fingerprint density at radius 2 is 2.00 bits per heavy atom. The molecule has 1 aromatic carbocycles. The highest BCUT2D eigenvalue weighted by Gasteiger charge is 2.38. The summed E-state index contributed by atoms with van der Waals surface area (Å²) in [5.74, 6) is 1.67. The molecule has 1 aliphatic heterocycles. The number of rotatable bonds is 5. The minimum Gasteiger partial charge on any atom is -0.497 e. The van der Waals surface area contributed by atoms with Gasteiger partial charge in [-0.15, -0.1) is 0 Å². The van der Waals surface area contributed by atoms with E-state index in [0.717, 1.165) is 29.8 Å². The fraction of sp³-hybridized carbons (Fsp3) is 0.625. The molecule has 3 rings (SSSR count). The summed E-state index contributed by atoms with van der Waals surface area (Å²) in [4.78, 5) is 2.65. The smallest absolute Gasteiger partial charge is 0.145 e. The summed E-state index contributed by atoms with van der Waals surface area (Å²) in [5, 5.41) is 3.63. The molecule has 110 valence electrons. The van der Waals surface area contributed by atoms with Gasteiger partial charge in [-0.2, -0.15) is 0 Å². The molecule has 1 heterocycles. The summed E-state index contributed by atoms with van der Waals surface area (Å²) in [5.41, 5.74) is 1.06. The molecule has 0 spiro atoms. The number of methoxy groups -OCH3 is 2. The quantitative estimate of drug-likeness (QED) is 0.896. The third-order valence-electron chi connectivity index (χ3n) is 4.41. The Hall–Kier alpha value is -1.42. The largest absolute Gasteiger partial charge is 0.497 e. The molecule has 1 aliphatic carbocycles. The van der Waals surface area contributed by atoms with Gasteiger partial charge >= 0.3 is 0 Å². The first-order valence-corrected chi connectivity index (χ1v) is 7.45. The highest BCUT2D eigenvalue weighted by molar-refractivity contribution is 5.59. The minimum absolute atomic E-state index is 0.507. The minimum atomic E-state index is 0.507. The van der Waals surface area contributed by atoms with Crippen molar-refractivity contribution >= 4 is 5.69 Å². The molecule has 2 fully saturated rings. The van der Waals surface area contributed by atoms with Gasteiger partial charge in [0.05, 0.1) is 19.9 Å². The van der Waals surface area contributed by atoms with Crippen LogP contribution in [0.25, 0.3) is 0 Å². The van der Waals surface area contributed by atoms with E-state index in [2.05, 4.69) is 17.1 Å². The van der Waals surface area contributed by atoms with Crippen LogP contribution in [0, 0.1) is 0 Å². The molecule has 20 heavy (non-hydrogen) atoms. The standard InChI is InChI=1S/C16H24N2O2/c1-11-8-12(10-18(11)13-4-5-13)17-15-7-6-14(19-2)9-16(15)20-3/h6-7,9,11-13,17H,4-5,8,10H2,1-3H3. The Kier molecular flexibility index (Phi) is 3.74. The fourth-order valence-corrected chi connectivity index (χ4v) is 3.21. The summed E-state index contributed by atoms with van der Waals surface area (Å²) >= 11 is 0. The molecular formula is C16H24N2O2. The molecule has 1 saturated heterocycles. The van der Waals surface area contributed by atoms with Crippen molar-refractivity contribution in [1.29, 1.82) is 0 Å². The van der Waals surface area contributed by atoms with Crippen molar-refractivity contribution < 1.29 is 9.47 Å². The Labute approximate surface area is 121 Å². The van der Waals surface area contributed by atoms with Gasteiger partial charge in [-0.1, -0.05) is 0 Å². The van der Waals surface area contributed by atoms with E-state index in [0.29, 0.717) is 12.1 Å². The zero-order valence-corrected chi connectivity index (χ0v) is 12.6. The third-order valence-corrected chi connectivity index (χ3v) is 4.41. The first-order chi connectivity index (χ1) is 9.71. The molecule has 0 bridgehead atoms. The van der Waals surface area contributed by atoms with Crippen molar-refractivity contribution in [1.82, 2.24) is 4.90 Å². The molecule has 2 unspecified atom stereocenters. The molecule has 1 saturated carbocycles. The van der Waals surface area contributed by atoms with Gasteiger partial charge in [0.15, 0.2) is 0 Å². The molecule has 4 nitrogen and oxygen atoms in total. The van der Waals surface area contributed by atoms with E-state index in [1.165, 1.54) is 19.3 Å². The maximum Gasteiger partial charge on any atom is 0.145 e. The van der Waals surface area contributed by atoms with Crippen LogP contribution in [0.5, 0.6) is 11.5 Å². The second-order valence-corrected chi connectivity index (χ2v) is 5.92. The number of likely N-dealkylation sites (tertiary alicyclic amines) is 1. The molecule has 4 heteroatoms. The van der Waals surface area contributed by atoms with Gasteiger partial charge in [0, 0.05) is 30.7 Å². The van der Waals surface area contributed by atoms with E-state index in [1.54, 1.807) is 14.2 Å². The van der Waals surface area contributed by atoms with Gasteiger partial charge in [0.2, 0.25) is 0 Å². The van der Waals surface area contributed by atoms with Crippen molar-refractivity contribution in [2.45, 2.75) is 44.3 Å². The van der Waals surface area contributed by atoms with Crippen molar-refractivity contribution in [3.8, 4) is 11.5 Å². The highest BCUT2D eigenvalue weighted by Crippen LogP contribution is 2.36. The fourth-order valence-electron chi connectivity index (χ4n) is 3.21. The molecule has 0 radical (unpaired) electrons. The summed E-state index contributed by atoms with van der Waals surface area (Å²) in [6.45, 7) is 3.48. The normalized spacial score (nSPS) is 26.6. The summed E-state index contributed by atoms with van der Waals surface area (Å²) in [6, 6.07) is 7.98. The Bertz CT molecular complexity index is 474. The number of nitrogens with one attached hydrogen (secondary N) is 1. The van der Waals surface area contributed by atoms with Gasteiger partial charge in [0.1, 0.15) is 11.5 Å². The third kappa shape index (κ3) is 2.70. The average Bonchev–Trinajstić information content (AvgIpc) is 3.23. The van der Waals surface area contributed by atoms with E-state index < -0.39 is 0 Å². The lowest BCUT2D eigenvalue weighted by molar-refractivity contribution is 0.257. The lowest BCUT2D eigenvalue weighted by Gasteiger charge is -2.20. The molecule has 1 N–H and O–H groups in total. The van der Waals surface area contributed by atoms with Crippen molar-refractivity contribution in [3.05, 3.63) is 18.2 Å². The highest BCUT2D eigenvalue weighted by atomic mass is 16.5. The number of hydrogen-bond acceptors (Lipinski definition) is 4. The predicted molar refractivity (Wildman–Crippen MR) is 80.8 cm³/mol. The molecule has 2 atom stereocenters. The molecule has 1 aromatic rings. The summed E-state index contributed by atoms with van der Waals surface area (Å²) in [7, 11) is 3.38. The number of nitrogens with zero attached hydrogens (tertiary/aromatic N) is 1. The Morgan fingerprint density at radius 1 is 1.20 bits per heavy atom. The van der Waals surface area contributed by atoms with E-state index in [1.807, 2.05) is 18.2 Å². The number of hydrogen-bond donors (Lipinski definition) is 1. The topological polar surface area (TPSA) is 33.7 Å². The first kappa shape index (κ1) is 13.6. The zero-order chi connectivity index (χ0) is 14.1. The Morgan fingerprint density at radius 3 is 2.65 bits per heavy atom. The molecule has 2 aliphatic rings. The zero-order valence-electron chi connectivity index (χ0n) is 12.6. The monoisotopic (exact) mass is 276 g/mol. The maximum atomic E-state index is 5.46. The predicted octanol–water partition coefficient (Wildman–Crippen LogP) is 2.74. The van der Waals surface area contributed by atoms with Crippen LogP contribution in [0.4, 0.5) is 5.69 Å². The maximum absolute atomic E-state index is 5.46. The SMILES string of the molecule is COc1ccc(NC2CC(C)N(C3CC3)C2)c(OC)c1. The van der Waals surface area contributed by atoms with E-state index in [-0.39, 0.29) is 0 Å². The second-order valence-electron chi connectivity index (χ2n) is 5.92. The Balaban J connectivity index is 1.68. The van der Waals surface area contributed by atoms with Crippen LogP contribution >= 0.6 is 0 Å². The number of anilines is 1. The summed E-state index contributed by atoms with van der Waals surface area (Å²) < 4.78 is 10.7. The van der Waals surface area contributed by atoms with Gasteiger partial charge in [-0.05, 0) is 38.3 Å². The molecule has 0 aromatic heterocycles. The lowest BCUT2D eigenvalue weighted by atomic mass is 10.1. The van der Waals surface area contributed by atoms with Crippen LogP contribution in [0.2, 0.25) is 0 Å². The van der Waals surface area contributed by atoms with Gasteiger partial charge < -0.3 is 14.8 Å². The second kappa shape index (κ2) is 5.52. The van der Waals surface area contributed by atoms with Crippen molar-refractivity contribution in [2.75, 3.05) is 26.1 Å². The van der Waals surface area contributed by atoms with Crippen LogP contribution in [0.1, 0.15) is 26.2 Å². The lowest BCUT2D eigenvalue weighted by Crippen LogP contribution is -2.31. The molecular weight excluding hydrogens is 252 g/mol. The van der Waals surface area contributed by atoms with Crippen LogP contribution < -0.4 is 14.8 Å². The van der Waals surface area contributed by atoms with Crippen LogP contribution in [-0.4, -0.2) is 43.8 Å². The summed E-state index contributed by atoms with van der Waals surface area (Å²) in [6.07, 6.45) is 3.96. The average molecular weight is 276 g/mol. The number of ether oxygens (including phenoxy) is 2.